The van der Waals surface area contributed by atoms with Crippen molar-refractivity contribution < 1.29 is 9.42 Å². The van der Waals surface area contributed by atoms with E-state index >= 15 is 0 Å². The Hall–Kier alpha value is -1.63. The van der Waals surface area contributed by atoms with E-state index in [1.165, 1.54) is 0 Å². The lowest BCUT2D eigenvalue weighted by atomic mass is 10.2. The van der Waals surface area contributed by atoms with Crippen molar-refractivity contribution in [2.75, 3.05) is 29.5 Å². The first-order valence-corrected chi connectivity index (χ1v) is 6.73. The molecule has 0 amide bonds. The number of anilines is 1. The zero-order valence-electron chi connectivity index (χ0n) is 9.24. The Bertz CT molecular complexity index is 453. The molecular weight excluding hydrogens is 240 g/mol. The Morgan fingerprint density at radius 1 is 1.53 bits per heavy atom. The van der Waals surface area contributed by atoms with Gasteiger partial charge in [-0.3, -0.25) is 4.21 Å². The highest BCUT2D eigenvalue weighted by molar-refractivity contribution is 7.85. The molecule has 2 rings (SSSR count). The summed E-state index contributed by atoms with van der Waals surface area (Å²) in [5.41, 5.74) is 6.15. The molecule has 1 aromatic rings. The fourth-order valence-corrected chi connectivity index (χ4v) is 2.73. The maximum Gasteiger partial charge on any atom is 0.170 e. The highest BCUT2D eigenvalue weighted by atomic mass is 32.2. The van der Waals surface area contributed by atoms with Gasteiger partial charge in [-0.1, -0.05) is 5.16 Å². The summed E-state index contributed by atoms with van der Waals surface area (Å²) in [5, 5.41) is 11.6. The van der Waals surface area contributed by atoms with E-state index in [2.05, 4.69) is 15.0 Å². The first-order valence-electron chi connectivity index (χ1n) is 5.24. The van der Waals surface area contributed by atoms with Crippen LogP contribution in [0.4, 0.5) is 5.82 Å². The van der Waals surface area contributed by atoms with E-state index in [9.17, 15) is 4.21 Å². The highest BCUT2D eigenvalue weighted by Crippen LogP contribution is 2.14. The molecule has 17 heavy (non-hydrogen) atoms. The van der Waals surface area contributed by atoms with E-state index in [1.54, 1.807) is 18.3 Å². The number of rotatable bonds is 2. The Balaban J connectivity index is 2.19. The molecule has 1 saturated heterocycles. The number of nitrogens with zero attached hydrogens (tertiary/aromatic N) is 3. The first-order chi connectivity index (χ1) is 8.20. The maximum absolute atomic E-state index is 11.3. The molecule has 6 nitrogen and oxygen atoms in total. The SMILES string of the molecule is NC(=NO)c1ccnc(N2CCS(=O)CC2)c1. The minimum atomic E-state index is -0.708. The van der Waals surface area contributed by atoms with Crippen molar-refractivity contribution >= 4 is 22.5 Å². The van der Waals surface area contributed by atoms with Crippen molar-refractivity contribution in [3.63, 3.8) is 0 Å². The molecule has 0 radical (unpaired) electrons. The minimum absolute atomic E-state index is 0.0641. The molecule has 0 atom stereocenters. The smallest absolute Gasteiger partial charge is 0.170 e. The van der Waals surface area contributed by atoms with Crippen molar-refractivity contribution in [3.05, 3.63) is 23.9 Å². The quantitative estimate of drug-likeness (QED) is 0.328. The normalized spacial score (nSPS) is 18.4. The Kier molecular flexibility index (Phi) is 3.58. The summed E-state index contributed by atoms with van der Waals surface area (Å²) >= 11 is 0. The molecule has 0 unspecified atom stereocenters. The van der Waals surface area contributed by atoms with Gasteiger partial charge in [-0.05, 0) is 12.1 Å². The van der Waals surface area contributed by atoms with Gasteiger partial charge in [0, 0.05) is 47.2 Å². The van der Waals surface area contributed by atoms with Gasteiger partial charge in [-0.15, -0.1) is 0 Å². The summed E-state index contributed by atoms with van der Waals surface area (Å²) in [5.74, 6) is 2.16. The fraction of sp³-hybridized carbons (Fsp3) is 0.400. The second-order valence-electron chi connectivity index (χ2n) is 3.72. The number of pyridine rings is 1. The van der Waals surface area contributed by atoms with Gasteiger partial charge in [-0.2, -0.15) is 0 Å². The molecule has 0 bridgehead atoms. The van der Waals surface area contributed by atoms with Crippen LogP contribution in [-0.2, 0) is 10.8 Å². The lowest BCUT2D eigenvalue weighted by Crippen LogP contribution is -2.38. The van der Waals surface area contributed by atoms with Crippen molar-refractivity contribution in [3.8, 4) is 0 Å². The second kappa shape index (κ2) is 5.13. The van der Waals surface area contributed by atoms with Crippen LogP contribution in [0, 0.1) is 0 Å². The first kappa shape index (κ1) is 11.8. The predicted molar refractivity (Wildman–Crippen MR) is 66.8 cm³/mol. The van der Waals surface area contributed by atoms with Crippen LogP contribution in [0.5, 0.6) is 0 Å². The Morgan fingerprint density at radius 2 is 2.24 bits per heavy atom. The summed E-state index contributed by atoms with van der Waals surface area (Å²) in [6, 6.07) is 3.45. The predicted octanol–water partition coefficient (Wildman–Crippen LogP) is -0.255. The molecule has 0 spiro atoms. The largest absolute Gasteiger partial charge is 0.409 e. The van der Waals surface area contributed by atoms with Gasteiger partial charge in [0.25, 0.3) is 0 Å². The van der Waals surface area contributed by atoms with Crippen LogP contribution in [0.3, 0.4) is 0 Å². The Labute approximate surface area is 102 Å². The van der Waals surface area contributed by atoms with Crippen LogP contribution < -0.4 is 10.6 Å². The molecule has 3 N–H and O–H groups in total. The van der Waals surface area contributed by atoms with E-state index in [0.717, 1.165) is 18.9 Å². The third-order valence-corrected chi connectivity index (χ3v) is 3.93. The topological polar surface area (TPSA) is 91.8 Å². The summed E-state index contributed by atoms with van der Waals surface area (Å²) in [7, 11) is -0.708. The molecule has 1 aromatic heterocycles. The highest BCUT2D eigenvalue weighted by Gasteiger charge is 2.16. The maximum atomic E-state index is 11.3. The van der Waals surface area contributed by atoms with Crippen molar-refractivity contribution in [2.45, 2.75) is 0 Å². The van der Waals surface area contributed by atoms with Crippen molar-refractivity contribution in [1.29, 1.82) is 0 Å². The zero-order valence-corrected chi connectivity index (χ0v) is 10.1. The molecule has 1 aliphatic rings. The molecule has 0 saturated carbocycles. The van der Waals surface area contributed by atoms with Crippen LogP contribution >= 0.6 is 0 Å². The van der Waals surface area contributed by atoms with Gasteiger partial charge in [0.05, 0.1) is 0 Å². The lowest BCUT2D eigenvalue weighted by Gasteiger charge is -2.27. The van der Waals surface area contributed by atoms with E-state index in [0.29, 0.717) is 17.1 Å². The number of amidine groups is 1. The van der Waals surface area contributed by atoms with E-state index in [4.69, 9.17) is 10.9 Å². The zero-order chi connectivity index (χ0) is 12.3. The van der Waals surface area contributed by atoms with Gasteiger partial charge < -0.3 is 15.8 Å². The molecule has 0 aromatic carbocycles. The number of hydrogen-bond donors (Lipinski definition) is 2. The molecule has 2 heterocycles. The number of aromatic nitrogens is 1. The van der Waals surface area contributed by atoms with Crippen LogP contribution in [0.2, 0.25) is 0 Å². The van der Waals surface area contributed by atoms with Gasteiger partial charge in [0.1, 0.15) is 5.82 Å². The summed E-state index contributed by atoms with van der Waals surface area (Å²) < 4.78 is 11.3. The van der Waals surface area contributed by atoms with E-state index in [-0.39, 0.29) is 5.84 Å². The van der Waals surface area contributed by atoms with Gasteiger partial charge in [-0.25, -0.2) is 4.98 Å². The second-order valence-corrected chi connectivity index (χ2v) is 5.42. The van der Waals surface area contributed by atoms with Gasteiger partial charge in [0.2, 0.25) is 0 Å². The molecule has 1 fully saturated rings. The Morgan fingerprint density at radius 3 is 2.88 bits per heavy atom. The van der Waals surface area contributed by atoms with Crippen molar-refractivity contribution in [1.82, 2.24) is 4.98 Å². The molecule has 0 aliphatic carbocycles. The molecule has 7 heteroatoms. The minimum Gasteiger partial charge on any atom is -0.409 e. The third-order valence-electron chi connectivity index (χ3n) is 2.65. The number of hydrogen-bond acceptors (Lipinski definition) is 5. The third kappa shape index (κ3) is 2.73. The summed E-state index contributed by atoms with van der Waals surface area (Å²) in [4.78, 5) is 6.29. The van der Waals surface area contributed by atoms with Crippen LogP contribution in [-0.4, -0.2) is 44.8 Å². The molecular formula is C10H14N4O2S. The van der Waals surface area contributed by atoms with Crippen molar-refractivity contribution in [2.24, 2.45) is 10.9 Å². The monoisotopic (exact) mass is 254 g/mol. The van der Waals surface area contributed by atoms with E-state index < -0.39 is 10.8 Å². The average Bonchev–Trinajstić information content (AvgIpc) is 2.39. The van der Waals surface area contributed by atoms with E-state index in [1.807, 2.05) is 0 Å². The summed E-state index contributed by atoms with van der Waals surface area (Å²) in [6.07, 6.45) is 1.62. The number of oxime groups is 1. The van der Waals surface area contributed by atoms with Gasteiger partial charge in [0.15, 0.2) is 5.84 Å². The fourth-order valence-electron chi connectivity index (χ4n) is 1.68. The lowest BCUT2D eigenvalue weighted by molar-refractivity contribution is 0.318. The number of nitrogens with two attached hydrogens (primary N) is 1. The molecule has 92 valence electrons. The van der Waals surface area contributed by atoms with Crippen LogP contribution in [0.1, 0.15) is 5.56 Å². The summed E-state index contributed by atoms with van der Waals surface area (Å²) in [6.45, 7) is 1.44. The average molecular weight is 254 g/mol. The molecule has 1 aliphatic heterocycles. The van der Waals surface area contributed by atoms with Gasteiger partial charge >= 0.3 is 0 Å². The van der Waals surface area contributed by atoms with Crippen LogP contribution in [0.15, 0.2) is 23.5 Å². The standard InChI is InChI=1S/C10H14N4O2S/c11-10(13-15)8-1-2-12-9(7-8)14-3-5-17(16)6-4-14/h1-2,7,15H,3-6H2,(H2,11,13). The van der Waals surface area contributed by atoms with Crippen LogP contribution in [0.25, 0.3) is 0 Å².